The van der Waals surface area contributed by atoms with Gasteiger partial charge in [-0.15, -0.1) is 0 Å². The fourth-order valence-electron chi connectivity index (χ4n) is 3.93. The van der Waals surface area contributed by atoms with E-state index in [1.54, 1.807) is 0 Å². The summed E-state index contributed by atoms with van der Waals surface area (Å²) >= 11 is 0. The van der Waals surface area contributed by atoms with Gasteiger partial charge in [0.15, 0.2) is 0 Å². The van der Waals surface area contributed by atoms with Crippen LogP contribution in [0, 0.1) is 0 Å². The first-order valence-corrected chi connectivity index (χ1v) is 9.86. The first kappa shape index (κ1) is 19.1. The molecule has 2 aliphatic carbocycles. The standard InChI is InChI=1S/C21H34O3/c1-3-20(15-11-7-5-8-12-16-20)23-19(22)24-21(4-2)17-13-9-6-10-14-18-21/h5-7,9H,3-4,8,10-18H2,1-2H3/b7-5-,9-6-. The largest absolute Gasteiger partial charge is 0.509 e. The van der Waals surface area contributed by atoms with Crippen molar-refractivity contribution in [3.63, 3.8) is 0 Å². The van der Waals surface area contributed by atoms with Crippen molar-refractivity contribution in [3.05, 3.63) is 24.3 Å². The molecule has 0 saturated carbocycles. The van der Waals surface area contributed by atoms with Gasteiger partial charge >= 0.3 is 6.16 Å². The molecule has 0 saturated heterocycles. The van der Waals surface area contributed by atoms with Gasteiger partial charge in [-0.05, 0) is 77.0 Å². The Balaban J connectivity index is 2.00. The predicted octanol–water partition coefficient (Wildman–Crippen LogP) is 6.48. The molecule has 0 N–H and O–H groups in total. The SMILES string of the molecule is CCC1(OC(=O)OC2(CC)CC/C=C\CCC2)CC/C=C\CCC1. The lowest BCUT2D eigenvalue weighted by Gasteiger charge is -2.37. The number of carbonyl (C=O) groups is 1. The molecule has 2 aliphatic rings. The van der Waals surface area contributed by atoms with Gasteiger partial charge in [-0.2, -0.15) is 0 Å². The number of ether oxygens (including phenoxy) is 2. The van der Waals surface area contributed by atoms with Crippen LogP contribution in [0.1, 0.15) is 90.9 Å². The zero-order valence-electron chi connectivity index (χ0n) is 15.5. The number of allylic oxidation sites excluding steroid dienone is 4. The third-order valence-corrected chi connectivity index (χ3v) is 5.76. The van der Waals surface area contributed by atoms with E-state index in [4.69, 9.17) is 9.47 Å². The lowest BCUT2D eigenvalue weighted by molar-refractivity contribution is -0.0953. The van der Waals surface area contributed by atoms with Crippen LogP contribution in [-0.2, 0) is 9.47 Å². The fourth-order valence-corrected chi connectivity index (χ4v) is 3.93. The highest BCUT2D eigenvalue weighted by atomic mass is 16.7. The topological polar surface area (TPSA) is 35.5 Å². The van der Waals surface area contributed by atoms with E-state index >= 15 is 0 Å². The molecular weight excluding hydrogens is 300 g/mol. The Bertz CT molecular complexity index is 414. The lowest BCUT2D eigenvalue weighted by atomic mass is 9.86. The molecule has 0 spiro atoms. The maximum Gasteiger partial charge on any atom is 0.509 e. The van der Waals surface area contributed by atoms with Gasteiger partial charge in [0.1, 0.15) is 11.2 Å². The average molecular weight is 335 g/mol. The molecule has 24 heavy (non-hydrogen) atoms. The van der Waals surface area contributed by atoms with Crippen molar-refractivity contribution in [1.82, 2.24) is 0 Å². The summed E-state index contributed by atoms with van der Waals surface area (Å²) in [7, 11) is 0. The molecule has 0 aromatic carbocycles. The highest BCUT2D eigenvalue weighted by Crippen LogP contribution is 2.35. The van der Waals surface area contributed by atoms with E-state index in [2.05, 4.69) is 38.2 Å². The molecule has 0 aliphatic heterocycles. The lowest BCUT2D eigenvalue weighted by Crippen LogP contribution is -2.40. The smallest absolute Gasteiger partial charge is 0.428 e. The molecule has 0 aromatic rings. The number of hydrogen-bond donors (Lipinski definition) is 0. The number of carbonyl (C=O) groups excluding carboxylic acids is 1. The van der Waals surface area contributed by atoms with Crippen LogP contribution >= 0.6 is 0 Å². The summed E-state index contributed by atoms with van der Waals surface area (Å²) in [5, 5.41) is 0. The minimum Gasteiger partial charge on any atom is -0.428 e. The highest BCUT2D eigenvalue weighted by Gasteiger charge is 2.37. The van der Waals surface area contributed by atoms with Gasteiger partial charge in [0.2, 0.25) is 0 Å². The van der Waals surface area contributed by atoms with E-state index in [-0.39, 0.29) is 11.2 Å². The van der Waals surface area contributed by atoms with Crippen LogP contribution in [0.4, 0.5) is 4.79 Å². The number of rotatable bonds is 4. The predicted molar refractivity (Wildman–Crippen MR) is 98.1 cm³/mol. The van der Waals surface area contributed by atoms with E-state index in [1.807, 2.05) is 0 Å². The molecule has 0 aromatic heterocycles. The first-order chi connectivity index (χ1) is 11.6. The third kappa shape index (κ3) is 5.39. The average Bonchev–Trinajstić information content (AvgIpc) is 2.53. The molecule has 2 atom stereocenters. The second-order valence-electron chi connectivity index (χ2n) is 7.33. The van der Waals surface area contributed by atoms with Gasteiger partial charge < -0.3 is 9.47 Å². The second-order valence-corrected chi connectivity index (χ2v) is 7.33. The van der Waals surface area contributed by atoms with Crippen LogP contribution in [-0.4, -0.2) is 17.4 Å². The van der Waals surface area contributed by atoms with Crippen molar-refractivity contribution in [3.8, 4) is 0 Å². The summed E-state index contributed by atoms with van der Waals surface area (Å²) in [6.07, 6.45) is 20.1. The third-order valence-electron chi connectivity index (χ3n) is 5.76. The molecule has 2 unspecified atom stereocenters. The van der Waals surface area contributed by atoms with Crippen LogP contribution < -0.4 is 0 Å². The summed E-state index contributed by atoms with van der Waals surface area (Å²) in [6, 6.07) is 0. The zero-order chi connectivity index (χ0) is 17.3. The van der Waals surface area contributed by atoms with Gasteiger partial charge in [-0.3, -0.25) is 0 Å². The molecular formula is C21H34O3. The highest BCUT2D eigenvalue weighted by molar-refractivity contribution is 5.61. The van der Waals surface area contributed by atoms with Crippen LogP contribution in [0.15, 0.2) is 24.3 Å². The maximum absolute atomic E-state index is 12.6. The van der Waals surface area contributed by atoms with Crippen molar-refractivity contribution in [2.24, 2.45) is 0 Å². The molecule has 0 bridgehead atoms. The quantitative estimate of drug-likeness (QED) is 0.436. The maximum atomic E-state index is 12.6. The van der Waals surface area contributed by atoms with E-state index in [1.165, 1.54) is 0 Å². The van der Waals surface area contributed by atoms with Gasteiger partial charge in [0.25, 0.3) is 0 Å². The normalized spacial score (nSPS) is 34.1. The summed E-state index contributed by atoms with van der Waals surface area (Å²) in [5.74, 6) is 0. The molecule has 0 fully saturated rings. The number of hydrogen-bond acceptors (Lipinski definition) is 3. The Morgan fingerprint density at radius 1 is 0.750 bits per heavy atom. The monoisotopic (exact) mass is 334 g/mol. The zero-order valence-corrected chi connectivity index (χ0v) is 15.5. The molecule has 136 valence electrons. The van der Waals surface area contributed by atoms with E-state index in [9.17, 15) is 4.79 Å². The molecule has 0 amide bonds. The molecule has 0 radical (unpaired) electrons. The van der Waals surface area contributed by atoms with Crippen LogP contribution in [0.25, 0.3) is 0 Å². The van der Waals surface area contributed by atoms with Gasteiger partial charge in [0.05, 0.1) is 0 Å². The van der Waals surface area contributed by atoms with Crippen molar-refractivity contribution in [1.29, 1.82) is 0 Å². The van der Waals surface area contributed by atoms with Crippen LogP contribution in [0.3, 0.4) is 0 Å². The van der Waals surface area contributed by atoms with Crippen LogP contribution in [0.2, 0.25) is 0 Å². The molecule has 0 heterocycles. The summed E-state index contributed by atoms with van der Waals surface area (Å²) in [5.41, 5.74) is -0.698. The Kier molecular flexibility index (Phi) is 7.39. The molecule has 3 nitrogen and oxygen atoms in total. The van der Waals surface area contributed by atoms with Crippen molar-refractivity contribution >= 4 is 6.16 Å². The fraction of sp³-hybridized carbons (Fsp3) is 0.762. The second kappa shape index (κ2) is 9.29. The summed E-state index contributed by atoms with van der Waals surface area (Å²) in [6.45, 7) is 4.24. The van der Waals surface area contributed by atoms with Crippen molar-refractivity contribution < 1.29 is 14.3 Å². The van der Waals surface area contributed by atoms with E-state index in [0.29, 0.717) is 0 Å². The Hall–Kier alpha value is -1.25. The summed E-state index contributed by atoms with van der Waals surface area (Å²) < 4.78 is 11.9. The van der Waals surface area contributed by atoms with E-state index < -0.39 is 6.16 Å². The Morgan fingerprint density at radius 2 is 1.17 bits per heavy atom. The van der Waals surface area contributed by atoms with E-state index in [0.717, 1.165) is 77.0 Å². The summed E-state index contributed by atoms with van der Waals surface area (Å²) in [4.78, 5) is 12.6. The Labute approximate surface area is 147 Å². The van der Waals surface area contributed by atoms with Crippen molar-refractivity contribution in [2.75, 3.05) is 0 Å². The van der Waals surface area contributed by atoms with Gasteiger partial charge in [-0.1, -0.05) is 38.2 Å². The van der Waals surface area contributed by atoms with Gasteiger partial charge in [-0.25, -0.2) is 4.79 Å². The molecule has 2 rings (SSSR count). The Morgan fingerprint density at radius 3 is 1.58 bits per heavy atom. The minimum absolute atomic E-state index is 0.349. The van der Waals surface area contributed by atoms with Crippen molar-refractivity contribution in [2.45, 2.75) is 102 Å². The van der Waals surface area contributed by atoms with Crippen LogP contribution in [0.5, 0.6) is 0 Å². The molecule has 3 heteroatoms. The van der Waals surface area contributed by atoms with Gasteiger partial charge in [0, 0.05) is 0 Å². The first-order valence-electron chi connectivity index (χ1n) is 9.86. The minimum atomic E-state index is -0.451.